The van der Waals surface area contributed by atoms with Gasteiger partial charge in [-0.25, -0.2) is 9.59 Å². The van der Waals surface area contributed by atoms with Crippen molar-refractivity contribution in [3.8, 4) is 0 Å². The molecule has 1 rings (SSSR count). The summed E-state index contributed by atoms with van der Waals surface area (Å²) in [5, 5.41) is 22.6. The Morgan fingerprint density at radius 3 is 2.50 bits per heavy atom. The molecule has 4 N–H and O–H groups in total. The summed E-state index contributed by atoms with van der Waals surface area (Å²) in [5.41, 5.74) is 0. The van der Waals surface area contributed by atoms with Crippen LogP contribution in [-0.4, -0.2) is 40.9 Å². The molecule has 0 aliphatic heterocycles. The molecule has 6 nitrogen and oxygen atoms in total. The quantitative estimate of drug-likeness (QED) is 0.579. The number of aliphatic hydroxyl groups is 1. The molecule has 1 fully saturated rings. The summed E-state index contributed by atoms with van der Waals surface area (Å²) in [5.74, 6) is -0.222. The molecule has 18 heavy (non-hydrogen) atoms. The van der Waals surface area contributed by atoms with E-state index < -0.39 is 24.6 Å². The monoisotopic (exact) mass is 258 g/mol. The zero-order valence-corrected chi connectivity index (χ0v) is 10.8. The molecule has 2 amide bonds. The lowest BCUT2D eigenvalue weighted by Gasteiger charge is -2.22. The molecule has 0 aromatic rings. The number of aliphatic carboxylic acids is 1. The van der Waals surface area contributed by atoms with E-state index in [1.165, 1.54) is 0 Å². The van der Waals surface area contributed by atoms with Crippen LogP contribution in [0.2, 0.25) is 0 Å². The minimum Gasteiger partial charge on any atom is -0.480 e. The fourth-order valence-corrected chi connectivity index (χ4v) is 2.58. The van der Waals surface area contributed by atoms with Gasteiger partial charge >= 0.3 is 12.0 Å². The Morgan fingerprint density at radius 1 is 1.39 bits per heavy atom. The highest BCUT2D eigenvalue weighted by atomic mass is 16.4. The first-order valence-corrected chi connectivity index (χ1v) is 6.40. The van der Waals surface area contributed by atoms with Crippen molar-refractivity contribution in [2.75, 3.05) is 6.61 Å². The normalized spacial score (nSPS) is 28.7. The van der Waals surface area contributed by atoms with Crippen molar-refractivity contribution in [3.05, 3.63) is 0 Å². The summed E-state index contributed by atoms with van der Waals surface area (Å²) in [6.45, 7) is 3.63. The summed E-state index contributed by atoms with van der Waals surface area (Å²) in [7, 11) is 0. The number of amides is 2. The van der Waals surface area contributed by atoms with Crippen LogP contribution in [0.5, 0.6) is 0 Å². The smallest absolute Gasteiger partial charge is 0.328 e. The van der Waals surface area contributed by atoms with Crippen LogP contribution < -0.4 is 10.6 Å². The van der Waals surface area contributed by atoms with E-state index >= 15 is 0 Å². The summed E-state index contributed by atoms with van der Waals surface area (Å²) >= 11 is 0. The summed E-state index contributed by atoms with van der Waals surface area (Å²) in [6, 6.07) is -1.68. The highest BCUT2D eigenvalue weighted by molar-refractivity contribution is 5.82. The second kappa shape index (κ2) is 6.58. The van der Waals surface area contributed by atoms with Gasteiger partial charge < -0.3 is 20.8 Å². The number of carbonyl (C=O) groups excluding carboxylic acids is 1. The van der Waals surface area contributed by atoms with Gasteiger partial charge in [-0.2, -0.15) is 0 Å². The van der Waals surface area contributed by atoms with E-state index in [-0.39, 0.29) is 6.04 Å². The van der Waals surface area contributed by atoms with Gasteiger partial charge in [0.2, 0.25) is 0 Å². The first kappa shape index (κ1) is 14.8. The standard InChI is InChI=1S/C12H22N2O4/c1-3-8-4-5-9(7(8)2)13-12(18)14-10(6-15)11(16)17/h7-10,15H,3-6H2,1-2H3,(H,16,17)(H2,13,14,18). The molecule has 1 saturated carbocycles. The van der Waals surface area contributed by atoms with Crippen molar-refractivity contribution in [3.63, 3.8) is 0 Å². The van der Waals surface area contributed by atoms with E-state index in [4.69, 9.17) is 10.2 Å². The van der Waals surface area contributed by atoms with E-state index in [0.717, 1.165) is 19.3 Å². The molecule has 4 atom stereocenters. The minimum atomic E-state index is -1.25. The van der Waals surface area contributed by atoms with E-state index in [0.29, 0.717) is 11.8 Å². The number of rotatable bonds is 5. The second-order valence-corrected chi connectivity index (χ2v) is 4.90. The van der Waals surface area contributed by atoms with Crippen LogP contribution >= 0.6 is 0 Å². The summed E-state index contributed by atoms with van der Waals surface area (Å²) < 4.78 is 0. The Morgan fingerprint density at radius 2 is 2.06 bits per heavy atom. The van der Waals surface area contributed by atoms with Gasteiger partial charge in [0.25, 0.3) is 0 Å². The highest BCUT2D eigenvalue weighted by Gasteiger charge is 2.33. The van der Waals surface area contributed by atoms with Crippen LogP contribution in [0.1, 0.15) is 33.1 Å². The Labute approximate surface area is 107 Å². The summed E-state index contributed by atoms with van der Waals surface area (Å²) in [4.78, 5) is 22.3. The average Bonchev–Trinajstić information content (AvgIpc) is 2.67. The number of hydrogen-bond donors (Lipinski definition) is 4. The minimum absolute atomic E-state index is 0.0862. The maximum atomic E-state index is 11.6. The predicted molar refractivity (Wildman–Crippen MR) is 66.1 cm³/mol. The SMILES string of the molecule is CCC1CCC(NC(=O)NC(CO)C(=O)O)C1C. The van der Waals surface area contributed by atoms with Crippen LogP contribution in [0.15, 0.2) is 0 Å². The maximum Gasteiger partial charge on any atom is 0.328 e. The molecule has 1 aliphatic rings. The van der Waals surface area contributed by atoms with Gasteiger partial charge in [-0.15, -0.1) is 0 Å². The Bertz CT molecular complexity index is 308. The number of carbonyl (C=O) groups is 2. The van der Waals surface area contributed by atoms with Crippen LogP contribution in [0.4, 0.5) is 4.79 Å². The van der Waals surface area contributed by atoms with Gasteiger partial charge in [-0.1, -0.05) is 20.3 Å². The van der Waals surface area contributed by atoms with Crippen molar-refractivity contribution in [1.82, 2.24) is 10.6 Å². The van der Waals surface area contributed by atoms with Crippen LogP contribution in [0, 0.1) is 11.8 Å². The molecule has 0 heterocycles. The lowest BCUT2D eigenvalue weighted by molar-refractivity contribution is -0.140. The van der Waals surface area contributed by atoms with Crippen LogP contribution in [0.25, 0.3) is 0 Å². The van der Waals surface area contributed by atoms with Crippen molar-refractivity contribution in [1.29, 1.82) is 0 Å². The van der Waals surface area contributed by atoms with Crippen molar-refractivity contribution in [2.45, 2.75) is 45.2 Å². The fourth-order valence-electron chi connectivity index (χ4n) is 2.58. The molecule has 0 spiro atoms. The van der Waals surface area contributed by atoms with E-state index in [9.17, 15) is 9.59 Å². The Kier molecular flexibility index (Phi) is 5.40. The van der Waals surface area contributed by atoms with E-state index in [2.05, 4.69) is 24.5 Å². The summed E-state index contributed by atoms with van der Waals surface area (Å²) in [6.07, 6.45) is 3.10. The van der Waals surface area contributed by atoms with Gasteiger partial charge in [0.1, 0.15) is 0 Å². The van der Waals surface area contributed by atoms with Crippen LogP contribution in [0.3, 0.4) is 0 Å². The Balaban J connectivity index is 2.43. The largest absolute Gasteiger partial charge is 0.480 e. The molecule has 6 heteroatoms. The van der Waals surface area contributed by atoms with Gasteiger partial charge in [0.05, 0.1) is 6.61 Å². The third-order valence-corrected chi connectivity index (χ3v) is 3.85. The average molecular weight is 258 g/mol. The number of nitrogens with one attached hydrogen (secondary N) is 2. The molecule has 0 radical (unpaired) electrons. The first-order chi connectivity index (χ1) is 8.49. The number of hydrogen-bond acceptors (Lipinski definition) is 3. The Hall–Kier alpha value is -1.30. The highest BCUT2D eigenvalue weighted by Crippen LogP contribution is 2.33. The molecule has 4 unspecified atom stereocenters. The third kappa shape index (κ3) is 3.60. The van der Waals surface area contributed by atoms with Gasteiger partial charge in [-0.3, -0.25) is 0 Å². The number of carboxylic acid groups (broad SMARTS) is 1. The number of urea groups is 1. The first-order valence-electron chi connectivity index (χ1n) is 6.40. The zero-order chi connectivity index (χ0) is 13.7. The van der Waals surface area contributed by atoms with Gasteiger partial charge in [-0.05, 0) is 24.7 Å². The molecule has 0 aromatic carbocycles. The van der Waals surface area contributed by atoms with E-state index in [1.807, 2.05) is 0 Å². The fraction of sp³-hybridized carbons (Fsp3) is 0.833. The molecule has 1 aliphatic carbocycles. The van der Waals surface area contributed by atoms with E-state index in [1.54, 1.807) is 0 Å². The van der Waals surface area contributed by atoms with Crippen molar-refractivity contribution >= 4 is 12.0 Å². The molecule has 0 saturated heterocycles. The zero-order valence-electron chi connectivity index (χ0n) is 10.8. The second-order valence-electron chi connectivity index (χ2n) is 4.90. The topological polar surface area (TPSA) is 98.7 Å². The van der Waals surface area contributed by atoms with Crippen molar-refractivity contribution < 1.29 is 19.8 Å². The molecular weight excluding hydrogens is 236 g/mol. The molecule has 0 bridgehead atoms. The lowest BCUT2D eigenvalue weighted by atomic mass is 9.93. The van der Waals surface area contributed by atoms with Gasteiger partial charge in [0.15, 0.2) is 6.04 Å². The lowest BCUT2D eigenvalue weighted by Crippen LogP contribution is -2.51. The van der Waals surface area contributed by atoms with Crippen LogP contribution in [-0.2, 0) is 4.79 Å². The third-order valence-electron chi connectivity index (χ3n) is 3.85. The molecule has 104 valence electrons. The van der Waals surface area contributed by atoms with Gasteiger partial charge in [0, 0.05) is 6.04 Å². The molecular formula is C12H22N2O4. The molecule has 0 aromatic heterocycles. The predicted octanol–water partition coefficient (Wildman–Crippen LogP) is 0.556. The number of carboxylic acids is 1. The number of aliphatic hydroxyl groups excluding tert-OH is 1. The maximum absolute atomic E-state index is 11.6. The van der Waals surface area contributed by atoms with Crippen molar-refractivity contribution in [2.24, 2.45) is 11.8 Å².